The van der Waals surface area contributed by atoms with Crippen molar-refractivity contribution in [2.24, 2.45) is 0 Å². The van der Waals surface area contributed by atoms with E-state index in [-0.39, 0.29) is 18.0 Å². The van der Waals surface area contributed by atoms with Gasteiger partial charge in [0.1, 0.15) is 11.6 Å². The Labute approximate surface area is 83.2 Å². The van der Waals surface area contributed by atoms with Crippen LogP contribution in [0, 0.1) is 0 Å². The van der Waals surface area contributed by atoms with Gasteiger partial charge in [0.2, 0.25) is 0 Å². The molecular weight excluding hydrogens is 299 g/mol. The maximum atomic E-state index is 10.0. The van der Waals surface area contributed by atoms with Crippen molar-refractivity contribution in [2.75, 3.05) is 0 Å². The van der Waals surface area contributed by atoms with Gasteiger partial charge in [-0.15, -0.1) is 0 Å². The molecule has 0 aromatic rings. The van der Waals surface area contributed by atoms with Crippen LogP contribution >= 0.6 is 29.1 Å². The molecule has 0 radical (unpaired) electrons. The Morgan fingerprint density at radius 2 is 1.27 bits per heavy atom. The fourth-order valence-corrected chi connectivity index (χ4v) is 0.351. The Hall–Kier alpha value is 0.833. The molecule has 0 fully saturated rings. The van der Waals surface area contributed by atoms with Crippen molar-refractivity contribution in [1.29, 1.82) is 0 Å². The average molecular weight is 308 g/mol. The molecule has 0 rings (SSSR count). The molecule has 0 unspecified atom stereocenters. The van der Waals surface area contributed by atoms with Crippen LogP contribution in [0.1, 0.15) is 20.3 Å². The Kier molecular flexibility index (Phi) is 11.7. The van der Waals surface area contributed by atoms with Crippen LogP contribution in [-0.4, -0.2) is 11.6 Å². The summed E-state index contributed by atoms with van der Waals surface area (Å²) in [6, 6.07) is 0. The van der Waals surface area contributed by atoms with Gasteiger partial charge >= 0.3 is 42.1 Å². The van der Waals surface area contributed by atoms with Gasteiger partial charge in [-0.2, -0.15) is 0 Å². The third kappa shape index (κ3) is 36.2. The van der Waals surface area contributed by atoms with Crippen molar-refractivity contribution in [1.82, 2.24) is 0 Å². The fourth-order valence-electron chi connectivity index (χ4n) is 0.351. The second-order valence-electron chi connectivity index (χ2n) is 1.73. The van der Waals surface area contributed by atoms with Crippen molar-refractivity contribution in [2.45, 2.75) is 20.3 Å². The second-order valence-corrected chi connectivity index (χ2v) is 9.65. The summed E-state index contributed by atoms with van der Waals surface area (Å²) < 4.78 is 0. The maximum absolute atomic E-state index is 10.0. The van der Waals surface area contributed by atoms with Gasteiger partial charge in [-0.05, 0) is 13.8 Å². The number of hydrogen-bond acceptors (Lipinski definition) is 2. The number of carbonyl (C=O) groups is 2. The minimum absolute atomic E-state index is 0.0625. The van der Waals surface area contributed by atoms with Crippen LogP contribution in [0.5, 0.6) is 0 Å². The molecule has 0 aliphatic heterocycles. The van der Waals surface area contributed by atoms with E-state index in [0.29, 0.717) is 0 Å². The van der Waals surface area contributed by atoms with Gasteiger partial charge in [-0.3, -0.25) is 9.59 Å². The summed E-state index contributed by atoms with van der Waals surface area (Å²) in [6.45, 7) is 2.81. The number of hydrogen-bond donors (Lipinski definition) is 0. The van der Waals surface area contributed by atoms with Gasteiger partial charge < -0.3 is 0 Å². The number of ketones is 2. The molecule has 0 aromatic heterocycles. The third-order valence-electron chi connectivity index (χ3n) is 0.498. The molecule has 69 valence electrons. The molecule has 0 amide bonds. The van der Waals surface area contributed by atoms with Gasteiger partial charge in [0.25, 0.3) is 0 Å². The van der Waals surface area contributed by atoms with Gasteiger partial charge in [-0.25, -0.2) is 0 Å². The van der Waals surface area contributed by atoms with E-state index >= 15 is 0 Å². The van der Waals surface area contributed by atoms with E-state index in [0.717, 1.165) is 0 Å². The SMILES string of the molecule is CC(=O)CC(C)=O.[Cl][Ru]([Cl])[Cl]. The van der Waals surface area contributed by atoms with E-state index in [2.05, 4.69) is 0 Å². The molecule has 0 bridgehead atoms. The third-order valence-corrected chi connectivity index (χ3v) is 0.498. The Bertz CT molecular complexity index is 123. The molecule has 0 aliphatic carbocycles. The molecule has 6 heteroatoms. The average Bonchev–Trinajstić information content (AvgIpc) is 1.56. The van der Waals surface area contributed by atoms with Crippen LogP contribution in [0.25, 0.3) is 0 Å². The normalized spacial score (nSPS) is 9.36. The number of halogens is 3. The Morgan fingerprint density at radius 1 is 1.09 bits per heavy atom. The first-order valence-electron chi connectivity index (χ1n) is 2.52. The predicted octanol–water partition coefficient (Wildman–Crippen LogP) is 2.62. The van der Waals surface area contributed by atoms with E-state index in [4.69, 9.17) is 29.1 Å². The number of rotatable bonds is 2. The van der Waals surface area contributed by atoms with Crippen LogP contribution in [0.4, 0.5) is 0 Å². The molecule has 0 heterocycles. The summed E-state index contributed by atoms with van der Waals surface area (Å²) in [5.74, 6) is -0.125. The zero-order valence-corrected chi connectivity index (χ0v) is 10.0. The molecule has 0 aliphatic rings. The Balaban J connectivity index is 0. The van der Waals surface area contributed by atoms with Crippen molar-refractivity contribution in [3.63, 3.8) is 0 Å². The zero-order chi connectivity index (χ0) is 9.44. The molecule has 0 saturated heterocycles. The molecule has 0 atom stereocenters. The van der Waals surface area contributed by atoms with E-state index in [9.17, 15) is 9.59 Å². The summed E-state index contributed by atoms with van der Waals surface area (Å²) in [5.41, 5.74) is 0. The molecular formula is C5H8Cl3O2Ru. The molecule has 0 N–H and O–H groups in total. The summed E-state index contributed by atoms with van der Waals surface area (Å²) >= 11 is -1.75. The van der Waals surface area contributed by atoms with Crippen molar-refractivity contribution in [3.05, 3.63) is 0 Å². The summed E-state index contributed by atoms with van der Waals surface area (Å²) in [7, 11) is 14.8. The molecule has 0 spiro atoms. The molecule has 0 saturated carbocycles. The van der Waals surface area contributed by atoms with E-state index < -0.39 is 13.0 Å². The van der Waals surface area contributed by atoms with Gasteiger partial charge in [0.15, 0.2) is 0 Å². The van der Waals surface area contributed by atoms with Gasteiger partial charge in [0, 0.05) is 0 Å². The number of Topliss-reactive ketones (excluding diaryl/α,β-unsaturated/α-hetero) is 2. The molecule has 0 aromatic carbocycles. The monoisotopic (exact) mass is 307 g/mol. The summed E-state index contributed by atoms with van der Waals surface area (Å²) in [6.07, 6.45) is 0.0833. The number of carbonyl (C=O) groups excluding carboxylic acids is 2. The fraction of sp³-hybridized carbons (Fsp3) is 0.600. The predicted molar refractivity (Wildman–Crippen MR) is 43.5 cm³/mol. The van der Waals surface area contributed by atoms with Crippen LogP contribution < -0.4 is 0 Å². The first-order chi connectivity index (χ1) is 4.86. The van der Waals surface area contributed by atoms with Crippen molar-refractivity contribution >= 4 is 40.6 Å². The van der Waals surface area contributed by atoms with Crippen LogP contribution in [0.2, 0.25) is 0 Å². The van der Waals surface area contributed by atoms with E-state index in [1.54, 1.807) is 0 Å². The van der Waals surface area contributed by atoms with Crippen molar-refractivity contribution in [3.8, 4) is 0 Å². The van der Waals surface area contributed by atoms with Crippen LogP contribution in [0.15, 0.2) is 0 Å². The second kappa shape index (κ2) is 8.93. The van der Waals surface area contributed by atoms with E-state index in [1.807, 2.05) is 0 Å². The van der Waals surface area contributed by atoms with Crippen molar-refractivity contribution < 1.29 is 22.6 Å². The summed E-state index contributed by atoms with van der Waals surface area (Å²) in [4.78, 5) is 20.1. The first kappa shape index (κ1) is 14.4. The Morgan fingerprint density at radius 3 is 1.27 bits per heavy atom. The minimum atomic E-state index is -1.75. The van der Waals surface area contributed by atoms with Gasteiger partial charge in [0.05, 0.1) is 6.42 Å². The van der Waals surface area contributed by atoms with Crippen LogP contribution in [0.3, 0.4) is 0 Å². The topological polar surface area (TPSA) is 34.1 Å². The quantitative estimate of drug-likeness (QED) is 0.580. The van der Waals surface area contributed by atoms with E-state index in [1.165, 1.54) is 13.8 Å². The standard InChI is InChI=1S/C5H8O2.3ClH.Ru/c1-4(6)3-5(2)7;;;;/h3H2,1-2H3;3*1H;/q;;;;+3/p-3. The molecule has 11 heavy (non-hydrogen) atoms. The van der Waals surface area contributed by atoms with Crippen LogP contribution in [-0.2, 0) is 22.6 Å². The molecule has 2 nitrogen and oxygen atoms in total. The van der Waals surface area contributed by atoms with Gasteiger partial charge in [-0.1, -0.05) is 0 Å². The zero-order valence-electron chi connectivity index (χ0n) is 6.01. The summed E-state index contributed by atoms with van der Waals surface area (Å²) in [5, 5.41) is 0. The first-order valence-corrected chi connectivity index (χ1v) is 9.23.